The van der Waals surface area contributed by atoms with Gasteiger partial charge >= 0.3 is 0 Å². The SMILES string of the molecule is CN(C)c1ccc(C2CC3C(CCCO)CCC3C3CCC4=CC(=O)CCC4=C23)cc1. The van der Waals surface area contributed by atoms with Crippen LogP contribution in [0.4, 0.5) is 5.69 Å². The van der Waals surface area contributed by atoms with Gasteiger partial charge in [-0.3, -0.25) is 4.79 Å². The lowest BCUT2D eigenvalue weighted by Crippen LogP contribution is -2.36. The van der Waals surface area contributed by atoms with Crippen molar-refractivity contribution in [2.24, 2.45) is 23.7 Å². The predicted molar refractivity (Wildman–Crippen MR) is 126 cm³/mol. The van der Waals surface area contributed by atoms with Crippen molar-refractivity contribution in [3.63, 3.8) is 0 Å². The number of anilines is 1. The van der Waals surface area contributed by atoms with Gasteiger partial charge in [-0.1, -0.05) is 17.7 Å². The maximum atomic E-state index is 12.1. The Kier molecular flexibility index (Phi) is 5.81. The minimum Gasteiger partial charge on any atom is -0.396 e. The molecule has 31 heavy (non-hydrogen) atoms. The smallest absolute Gasteiger partial charge is 0.156 e. The standard InChI is InChI=1S/C28H37NO2/c1-29(2)21-9-5-19(6-10-21)27-17-26-18(4-3-15-30)7-12-24(26)25-13-8-20-16-22(31)11-14-23(20)28(25)27/h5-6,9-10,16,18,24-27,30H,3-4,7-8,11-15,17H2,1-2H3. The van der Waals surface area contributed by atoms with E-state index >= 15 is 0 Å². The number of ketones is 1. The van der Waals surface area contributed by atoms with E-state index in [1.54, 1.807) is 11.1 Å². The van der Waals surface area contributed by atoms with E-state index in [0.717, 1.165) is 37.0 Å². The van der Waals surface area contributed by atoms with Gasteiger partial charge in [-0.05, 0) is 110 Å². The summed E-state index contributed by atoms with van der Waals surface area (Å²) in [5.74, 6) is 3.87. The molecule has 0 aromatic heterocycles. The number of hydrogen-bond acceptors (Lipinski definition) is 3. The van der Waals surface area contributed by atoms with Crippen LogP contribution in [0.2, 0.25) is 0 Å². The summed E-state index contributed by atoms with van der Waals surface area (Å²) in [4.78, 5) is 14.3. The van der Waals surface area contributed by atoms with Gasteiger partial charge in [-0.2, -0.15) is 0 Å². The zero-order valence-electron chi connectivity index (χ0n) is 19.1. The van der Waals surface area contributed by atoms with E-state index in [1.165, 1.54) is 48.9 Å². The van der Waals surface area contributed by atoms with Gasteiger partial charge in [-0.25, -0.2) is 0 Å². The molecule has 0 bridgehead atoms. The van der Waals surface area contributed by atoms with Gasteiger partial charge in [0.2, 0.25) is 0 Å². The van der Waals surface area contributed by atoms with Crippen LogP contribution in [-0.4, -0.2) is 31.6 Å². The molecule has 0 saturated heterocycles. The minimum atomic E-state index is 0.323. The number of carbonyl (C=O) groups excluding carboxylic acids is 1. The Hall–Kier alpha value is -1.87. The van der Waals surface area contributed by atoms with Crippen molar-refractivity contribution < 1.29 is 9.90 Å². The van der Waals surface area contributed by atoms with E-state index in [1.807, 2.05) is 6.08 Å². The Morgan fingerprint density at radius 1 is 1.00 bits per heavy atom. The highest BCUT2D eigenvalue weighted by Gasteiger charge is 2.49. The molecular formula is C28H37NO2. The normalized spacial score (nSPS) is 32.3. The van der Waals surface area contributed by atoms with Crippen molar-refractivity contribution in [1.29, 1.82) is 0 Å². The Morgan fingerprint density at radius 2 is 1.81 bits per heavy atom. The molecule has 0 aliphatic heterocycles. The molecule has 5 atom stereocenters. The highest BCUT2D eigenvalue weighted by atomic mass is 16.2. The minimum absolute atomic E-state index is 0.323. The van der Waals surface area contributed by atoms with Crippen LogP contribution in [0.3, 0.4) is 0 Å². The van der Waals surface area contributed by atoms with Crippen LogP contribution in [0.1, 0.15) is 69.3 Å². The van der Waals surface area contributed by atoms with Crippen LogP contribution in [0.5, 0.6) is 0 Å². The molecule has 1 aromatic rings. The third kappa shape index (κ3) is 3.80. The molecule has 1 aromatic carbocycles. The largest absolute Gasteiger partial charge is 0.396 e. The van der Waals surface area contributed by atoms with Gasteiger partial charge in [0.05, 0.1) is 0 Å². The number of aliphatic hydroxyl groups excluding tert-OH is 1. The van der Waals surface area contributed by atoms with E-state index in [4.69, 9.17) is 0 Å². The van der Waals surface area contributed by atoms with Gasteiger partial charge in [-0.15, -0.1) is 0 Å². The number of nitrogens with zero attached hydrogens (tertiary/aromatic N) is 1. The topological polar surface area (TPSA) is 40.5 Å². The number of fused-ring (bicyclic) bond motifs is 4. The summed E-state index contributed by atoms with van der Waals surface area (Å²) in [7, 11) is 4.20. The van der Waals surface area contributed by atoms with Crippen LogP contribution in [0.25, 0.3) is 0 Å². The lowest BCUT2D eigenvalue weighted by atomic mass is 9.57. The summed E-state index contributed by atoms with van der Waals surface area (Å²) in [5.41, 5.74) is 7.32. The number of aliphatic hydroxyl groups is 1. The Morgan fingerprint density at radius 3 is 2.55 bits per heavy atom. The van der Waals surface area contributed by atoms with Gasteiger partial charge in [0.15, 0.2) is 5.78 Å². The second-order valence-corrected chi connectivity index (χ2v) is 10.5. The average molecular weight is 420 g/mol. The molecule has 0 spiro atoms. The molecule has 4 aliphatic carbocycles. The van der Waals surface area contributed by atoms with Crippen LogP contribution in [-0.2, 0) is 4.79 Å². The highest BCUT2D eigenvalue weighted by molar-refractivity contribution is 5.93. The average Bonchev–Trinajstić information content (AvgIpc) is 3.19. The zero-order chi connectivity index (χ0) is 21.5. The van der Waals surface area contributed by atoms with Crippen molar-refractivity contribution in [3.8, 4) is 0 Å². The van der Waals surface area contributed by atoms with Gasteiger partial charge < -0.3 is 10.0 Å². The molecule has 2 saturated carbocycles. The van der Waals surface area contributed by atoms with Crippen LogP contribution in [0.15, 0.2) is 47.1 Å². The quantitative estimate of drug-likeness (QED) is 0.670. The molecule has 166 valence electrons. The van der Waals surface area contributed by atoms with Gasteiger partial charge in [0, 0.05) is 38.7 Å². The number of benzene rings is 1. The third-order valence-electron chi connectivity index (χ3n) is 8.79. The van der Waals surface area contributed by atoms with Gasteiger partial charge in [0.25, 0.3) is 0 Å². The van der Waals surface area contributed by atoms with Crippen molar-refractivity contribution in [3.05, 3.63) is 52.6 Å². The fourth-order valence-corrected chi connectivity index (χ4v) is 7.40. The second kappa shape index (κ2) is 8.58. The van der Waals surface area contributed by atoms with E-state index in [9.17, 15) is 9.90 Å². The van der Waals surface area contributed by atoms with Gasteiger partial charge in [0.1, 0.15) is 0 Å². The summed E-state index contributed by atoms with van der Waals surface area (Å²) in [6.07, 6.45) is 12.0. The maximum Gasteiger partial charge on any atom is 0.156 e. The number of allylic oxidation sites excluding steroid dienone is 4. The summed E-state index contributed by atoms with van der Waals surface area (Å²) in [5, 5.41) is 9.42. The molecular weight excluding hydrogens is 382 g/mol. The first-order valence-electron chi connectivity index (χ1n) is 12.4. The molecule has 4 aliphatic rings. The lowest BCUT2D eigenvalue weighted by molar-refractivity contribution is -0.114. The molecule has 3 heteroatoms. The highest BCUT2D eigenvalue weighted by Crippen LogP contribution is 2.60. The number of carbonyl (C=O) groups is 1. The first kappa shape index (κ1) is 21.0. The summed E-state index contributed by atoms with van der Waals surface area (Å²) >= 11 is 0. The lowest BCUT2D eigenvalue weighted by Gasteiger charge is -2.47. The first-order valence-corrected chi connectivity index (χ1v) is 12.4. The molecule has 1 N–H and O–H groups in total. The first-order chi connectivity index (χ1) is 15.1. The van der Waals surface area contributed by atoms with Crippen molar-refractivity contribution in [1.82, 2.24) is 0 Å². The van der Waals surface area contributed by atoms with E-state index in [2.05, 4.69) is 43.3 Å². The van der Waals surface area contributed by atoms with Crippen LogP contribution in [0, 0.1) is 23.7 Å². The zero-order valence-corrected chi connectivity index (χ0v) is 19.1. The maximum absolute atomic E-state index is 12.1. The van der Waals surface area contributed by atoms with Crippen LogP contribution < -0.4 is 4.90 Å². The number of hydrogen-bond donors (Lipinski definition) is 1. The van der Waals surface area contributed by atoms with Crippen LogP contribution >= 0.6 is 0 Å². The molecule has 0 heterocycles. The summed E-state index contributed by atoms with van der Waals surface area (Å²) in [6.45, 7) is 0.324. The summed E-state index contributed by atoms with van der Waals surface area (Å²) in [6, 6.07) is 9.25. The van der Waals surface area contributed by atoms with Crippen molar-refractivity contribution in [2.45, 2.75) is 63.7 Å². The van der Waals surface area contributed by atoms with E-state index in [0.29, 0.717) is 30.6 Å². The van der Waals surface area contributed by atoms with Crippen molar-refractivity contribution >= 4 is 11.5 Å². The predicted octanol–water partition coefficient (Wildman–Crippen LogP) is 5.65. The molecule has 5 rings (SSSR count). The Balaban J connectivity index is 1.56. The number of rotatable bonds is 5. The van der Waals surface area contributed by atoms with E-state index < -0.39 is 0 Å². The molecule has 0 radical (unpaired) electrons. The Labute approximate surface area is 187 Å². The molecule has 0 amide bonds. The fraction of sp³-hybridized carbons (Fsp3) is 0.607. The van der Waals surface area contributed by atoms with E-state index in [-0.39, 0.29) is 0 Å². The fourth-order valence-electron chi connectivity index (χ4n) is 7.40. The molecule has 2 fully saturated rings. The Bertz CT molecular complexity index is 894. The monoisotopic (exact) mass is 419 g/mol. The molecule has 5 unspecified atom stereocenters. The third-order valence-corrected chi connectivity index (χ3v) is 8.79. The van der Waals surface area contributed by atoms with Crippen molar-refractivity contribution in [2.75, 3.05) is 25.6 Å². The molecule has 3 nitrogen and oxygen atoms in total. The summed E-state index contributed by atoms with van der Waals surface area (Å²) < 4.78 is 0. The second-order valence-electron chi connectivity index (χ2n) is 10.5.